The number of nitrogens with zero attached hydrogens (tertiary/aromatic N) is 1. The van der Waals surface area contributed by atoms with Gasteiger partial charge in [0, 0.05) is 6.54 Å². The first-order valence-corrected chi connectivity index (χ1v) is 4.78. The van der Waals surface area contributed by atoms with E-state index < -0.39 is 0 Å². The van der Waals surface area contributed by atoms with Gasteiger partial charge in [-0.15, -0.1) is 0 Å². The van der Waals surface area contributed by atoms with Gasteiger partial charge in [0.15, 0.2) is 0 Å². The third kappa shape index (κ3) is 1.96. The van der Waals surface area contributed by atoms with E-state index in [1.54, 1.807) is 0 Å². The zero-order valence-corrected chi connectivity index (χ0v) is 8.35. The summed E-state index contributed by atoms with van der Waals surface area (Å²) < 4.78 is 0. The van der Waals surface area contributed by atoms with Crippen LogP contribution in [0, 0.1) is 11.3 Å². The monoisotopic (exact) mass is 155 g/mol. The van der Waals surface area contributed by atoms with Gasteiger partial charge in [0.1, 0.15) is 0 Å². The lowest BCUT2D eigenvalue weighted by atomic mass is 9.75. The van der Waals surface area contributed by atoms with Crippen molar-refractivity contribution in [1.29, 1.82) is 0 Å². The summed E-state index contributed by atoms with van der Waals surface area (Å²) in [5, 5.41) is 0. The fourth-order valence-corrected chi connectivity index (χ4v) is 1.85. The van der Waals surface area contributed by atoms with Crippen LogP contribution in [0.4, 0.5) is 0 Å². The van der Waals surface area contributed by atoms with E-state index in [0.29, 0.717) is 5.41 Å². The molecule has 1 aliphatic heterocycles. The second kappa shape index (κ2) is 3.14. The summed E-state index contributed by atoms with van der Waals surface area (Å²) >= 11 is 0. The van der Waals surface area contributed by atoms with Crippen molar-refractivity contribution in [2.75, 3.05) is 19.6 Å². The Hall–Kier alpha value is -0.0400. The van der Waals surface area contributed by atoms with Crippen molar-refractivity contribution < 1.29 is 0 Å². The smallest absolute Gasteiger partial charge is 0.00351 e. The van der Waals surface area contributed by atoms with Crippen LogP contribution in [0.15, 0.2) is 0 Å². The van der Waals surface area contributed by atoms with Crippen LogP contribution in [-0.2, 0) is 0 Å². The zero-order chi connectivity index (χ0) is 8.48. The molecule has 0 amide bonds. The van der Waals surface area contributed by atoms with E-state index in [1.165, 1.54) is 26.1 Å². The van der Waals surface area contributed by atoms with E-state index in [2.05, 4.69) is 32.6 Å². The largest absolute Gasteiger partial charge is 0.303 e. The van der Waals surface area contributed by atoms with E-state index in [1.807, 2.05) is 0 Å². The first-order valence-electron chi connectivity index (χ1n) is 4.78. The molecule has 1 heteroatoms. The fourth-order valence-electron chi connectivity index (χ4n) is 1.85. The molecule has 1 nitrogen and oxygen atoms in total. The van der Waals surface area contributed by atoms with Crippen molar-refractivity contribution in [3.63, 3.8) is 0 Å². The molecule has 1 heterocycles. The molecule has 66 valence electrons. The van der Waals surface area contributed by atoms with Gasteiger partial charge < -0.3 is 4.90 Å². The molecule has 0 unspecified atom stereocenters. The molecule has 1 atom stereocenters. The molecular weight excluding hydrogens is 134 g/mol. The molecule has 11 heavy (non-hydrogen) atoms. The van der Waals surface area contributed by atoms with E-state index in [0.717, 1.165) is 5.92 Å². The first kappa shape index (κ1) is 9.05. The Morgan fingerprint density at radius 3 is 2.55 bits per heavy atom. The highest BCUT2D eigenvalue weighted by molar-refractivity contribution is 4.84. The average molecular weight is 155 g/mol. The minimum absolute atomic E-state index is 0.536. The molecule has 0 aromatic heterocycles. The first-order chi connectivity index (χ1) is 5.06. The molecule has 1 rings (SSSR count). The molecular formula is C10H21N. The van der Waals surface area contributed by atoms with E-state index >= 15 is 0 Å². The zero-order valence-electron chi connectivity index (χ0n) is 8.35. The number of piperidine rings is 1. The van der Waals surface area contributed by atoms with Crippen LogP contribution >= 0.6 is 0 Å². The molecule has 1 aliphatic rings. The van der Waals surface area contributed by atoms with E-state index in [-0.39, 0.29) is 0 Å². The minimum Gasteiger partial charge on any atom is -0.303 e. The quantitative estimate of drug-likeness (QED) is 0.562. The van der Waals surface area contributed by atoms with Gasteiger partial charge in [0.2, 0.25) is 0 Å². The predicted octanol–water partition coefficient (Wildman–Crippen LogP) is 2.37. The van der Waals surface area contributed by atoms with Crippen LogP contribution in [-0.4, -0.2) is 24.5 Å². The summed E-state index contributed by atoms with van der Waals surface area (Å²) in [5.74, 6) is 0.894. The van der Waals surface area contributed by atoms with Crippen molar-refractivity contribution in [1.82, 2.24) is 4.90 Å². The van der Waals surface area contributed by atoms with Crippen molar-refractivity contribution in [2.24, 2.45) is 11.3 Å². The lowest BCUT2D eigenvalue weighted by Gasteiger charge is -2.42. The number of rotatable bonds is 1. The lowest BCUT2D eigenvalue weighted by molar-refractivity contribution is 0.0687. The van der Waals surface area contributed by atoms with Crippen molar-refractivity contribution >= 4 is 0 Å². The molecule has 0 bridgehead atoms. The van der Waals surface area contributed by atoms with Gasteiger partial charge in [-0.2, -0.15) is 0 Å². The van der Waals surface area contributed by atoms with E-state index in [4.69, 9.17) is 0 Å². The van der Waals surface area contributed by atoms with Crippen molar-refractivity contribution in [2.45, 2.75) is 34.1 Å². The standard InChI is InChI=1S/C10H21N/c1-5-11-7-6-9(2)10(3,4)8-11/h9H,5-8H2,1-4H3/t9-/m0/s1. The third-order valence-corrected chi connectivity index (χ3v) is 3.29. The molecule has 1 saturated heterocycles. The summed E-state index contributed by atoms with van der Waals surface area (Å²) in [6.07, 6.45) is 1.38. The molecule has 1 fully saturated rings. The summed E-state index contributed by atoms with van der Waals surface area (Å²) in [7, 11) is 0. The van der Waals surface area contributed by atoms with Gasteiger partial charge in [-0.05, 0) is 30.8 Å². The maximum atomic E-state index is 2.56. The summed E-state index contributed by atoms with van der Waals surface area (Å²) in [6, 6.07) is 0. The van der Waals surface area contributed by atoms with Crippen molar-refractivity contribution in [3.8, 4) is 0 Å². The lowest BCUT2D eigenvalue weighted by Crippen LogP contribution is -2.44. The van der Waals surface area contributed by atoms with Crippen LogP contribution in [0.25, 0.3) is 0 Å². The van der Waals surface area contributed by atoms with Gasteiger partial charge in [-0.3, -0.25) is 0 Å². The maximum Gasteiger partial charge on any atom is 0.00351 e. The Labute approximate surface area is 70.8 Å². The molecule has 0 aliphatic carbocycles. The highest BCUT2D eigenvalue weighted by atomic mass is 15.1. The van der Waals surface area contributed by atoms with Crippen LogP contribution in [0.5, 0.6) is 0 Å². The maximum absolute atomic E-state index is 2.56. The van der Waals surface area contributed by atoms with Gasteiger partial charge in [0.05, 0.1) is 0 Å². The summed E-state index contributed by atoms with van der Waals surface area (Å²) in [5.41, 5.74) is 0.536. The molecule has 0 aromatic carbocycles. The molecule has 0 aromatic rings. The highest BCUT2D eigenvalue weighted by Crippen LogP contribution is 2.33. The van der Waals surface area contributed by atoms with Crippen LogP contribution in [0.3, 0.4) is 0 Å². The fraction of sp³-hybridized carbons (Fsp3) is 1.00. The van der Waals surface area contributed by atoms with Crippen LogP contribution in [0.1, 0.15) is 34.1 Å². The topological polar surface area (TPSA) is 3.24 Å². The van der Waals surface area contributed by atoms with Gasteiger partial charge in [0.25, 0.3) is 0 Å². The average Bonchev–Trinajstić information content (AvgIpc) is 1.95. The second-order valence-electron chi connectivity index (χ2n) is 4.55. The molecule has 0 saturated carbocycles. The van der Waals surface area contributed by atoms with Crippen molar-refractivity contribution in [3.05, 3.63) is 0 Å². The second-order valence-corrected chi connectivity index (χ2v) is 4.55. The normalized spacial score (nSPS) is 32.2. The number of hydrogen-bond donors (Lipinski definition) is 0. The number of hydrogen-bond acceptors (Lipinski definition) is 1. The highest BCUT2D eigenvalue weighted by Gasteiger charge is 2.31. The van der Waals surface area contributed by atoms with E-state index in [9.17, 15) is 0 Å². The van der Waals surface area contributed by atoms with Crippen LogP contribution in [0.2, 0.25) is 0 Å². The number of likely N-dealkylation sites (tertiary alicyclic amines) is 1. The molecule has 0 radical (unpaired) electrons. The third-order valence-electron chi connectivity index (χ3n) is 3.29. The SMILES string of the molecule is CCN1CC[C@H](C)C(C)(C)C1. The van der Waals surface area contributed by atoms with Crippen LogP contribution < -0.4 is 0 Å². The van der Waals surface area contributed by atoms with Gasteiger partial charge in [-0.25, -0.2) is 0 Å². The predicted molar refractivity (Wildman–Crippen MR) is 49.7 cm³/mol. The Balaban J connectivity index is 2.52. The molecule has 0 N–H and O–H groups in total. The van der Waals surface area contributed by atoms with Gasteiger partial charge >= 0.3 is 0 Å². The Kier molecular flexibility index (Phi) is 2.58. The molecule has 0 spiro atoms. The minimum atomic E-state index is 0.536. The summed E-state index contributed by atoms with van der Waals surface area (Å²) in [4.78, 5) is 2.56. The Morgan fingerprint density at radius 1 is 1.45 bits per heavy atom. The Morgan fingerprint density at radius 2 is 2.09 bits per heavy atom. The van der Waals surface area contributed by atoms with Gasteiger partial charge in [-0.1, -0.05) is 27.7 Å². The summed E-state index contributed by atoms with van der Waals surface area (Å²) in [6.45, 7) is 13.2. The Bertz CT molecular complexity index is 129.